The van der Waals surface area contributed by atoms with E-state index in [-0.39, 0.29) is 69.6 Å². The highest BCUT2D eigenvalue weighted by atomic mass is 35.5. The maximum atomic E-state index is 16.2. The van der Waals surface area contributed by atoms with Gasteiger partial charge < -0.3 is 133 Å². The molecule has 109 heavy (non-hydrogen) atoms. The van der Waals surface area contributed by atoms with E-state index in [4.69, 9.17) is 63.1 Å². The molecule has 0 aliphatic carbocycles. The van der Waals surface area contributed by atoms with Crippen LogP contribution in [-0.2, 0) is 59.1 Å². The fourth-order valence-electron chi connectivity index (χ4n) is 13.5. The lowest BCUT2D eigenvalue weighted by Gasteiger charge is -2.47. The Balaban J connectivity index is 1.14. The van der Waals surface area contributed by atoms with Gasteiger partial charge in [-0.05, 0) is 122 Å². The van der Waals surface area contributed by atoms with Gasteiger partial charge in [0.25, 0.3) is 0 Å². The number of nitrogens with two attached hydrogens (primary N) is 2. The molecule has 5 aromatic carbocycles. The van der Waals surface area contributed by atoms with E-state index in [1.807, 2.05) is 13.8 Å². The molecule has 2 saturated heterocycles. The van der Waals surface area contributed by atoms with Crippen LogP contribution in [0.3, 0.4) is 0 Å². The molecule has 8 amide bonds. The van der Waals surface area contributed by atoms with E-state index in [1.165, 1.54) is 39.1 Å². The molecule has 0 radical (unpaired) electrons. The number of carbonyl (C=O) groups is 8. The summed E-state index contributed by atoms with van der Waals surface area (Å²) in [6.07, 6.45) is -13.4. The van der Waals surface area contributed by atoms with Gasteiger partial charge in [-0.3, -0.25) is 38.4 Å². The number of phenols is 3. The van der Waals surface area contributed by atoms with Gasteiger partial charge in [0.1, 0.15) is 95.5 Å². The molecule has 2 fully saturated rings. The summed E-state index contributed by atoms with van der Waals surface area (Å²) in [7, 11) is 1.48. The van der Waals surface area contributed by atoms with E-state index in [0.717, 1.165) is 60.7 Å². The van der Waals surface area contributed by atoms with E-state index in [2.05, 4.69) is 47.5 Å². The van der Waals surface area contributed by atoms with Crippen LogP contribution < -0.4 is 68.2 Å². The van der Waals surface area contributed by atoms with Crippen molar-refractivity contribution in [2.45, 2.75) is 169 Å². The third kappa shape index (κ3) is 17.7. The number of halogens is 2. The zero-order chi connectivity index (χ0) is 78.8. The lowest BCUT2D eigenvalue weighted by atomic mass is 9.86. The smallest absolute Gasteiger partial charge is 0.248 e. The van der Waals surface area contributed by atoms with Crippen molar-refractivity contribution in [2.75, 3.05) is 20.2 Å². The average molecular weight is 1560 g/mol. The quantitative estimate of drug-likeness (QED) is 0.0550. The van der Waals surface area contributed by atoms with E-state index in [1.54, 1.807) is 23.3 Å². The summed E-state index contributed by atoms with van der Waals surface area (Å²) in [5, 5.41) is 125. The normalized spacial score (nSPS) is 28.1. The van der Waals surface area contributed by atoms with Gasteiger partial charge in [-0.25, -0.2) is 4.98 Å². The van der Waals surface area contributed by atoms with Crippen molar-refractivity contribution in [1.82, 2.24) is 52.1 Å². The Kier molecular flexibility index (Phi) is 24.6. The van der Waals surface area contributed by atoms with Gasteiger partial charge in [-0.2, -0.15) is 0 Å². The van der Waals surface area contributed by atoms with Crippen molar-refractivity contribution in [1.29, 1.82) is 0 Å². The molecule has 8 heterocycles. The summed E-state index contributed by atoms with van der Waals surface area (Å²) in [4.78, 5) is 124. The van der Waals surface area contributed by atoms with Crippen LogP contribution >= 0.6 is 23.2 Å². The first-order valence-electron chi connectivity index (χ1n) is 34.7. The number of phenolic OH excluding ortho intramolecular Hbond substituents is 3. The molecule has 7 aliphatic rings. The number of hydrogen-bond acceptors (Lipinski definition) is 26. The minimum absolute atomic E-state index is 0.0470. The van der Waals surface area contributed by atoms with Crippen LogP contribution in [0, 0.1) is 5.92 Å². The second-order valence-electron chi connectivity index (χ2n) is 27.8. The molecular formula is C72H84Cl2N12O23. The Morgan fingerprint density at radius 2 is 1.39 bits per heavy atom. The first-order chi connectivity index (χ1) is 51.7. The van der Waals surface area contributed by atoms with E-state index in [0.29, 0.717) is 13.0 Å². The van der Waals surface area contributed by atoms with E-state index >= 15 is 19.2 Å². The van der Waals surface area contributed by atoms with Crippen molar-refractivity contribution >= 4 is 70.5 Å². The molecule has 584 valence electrons. The Morgan fingerprint density at radius 1 is 0.752 bits per heavy atom. The molecular weight excluding hydrogens is 1470 g/mol. The van der Waals surface area contributed by atoms with Crippen molar-refractivity contribution in [3.63, 3.8) is 0 Å². The average Bonchev–Trinajstić information content (AvgIpc) is 1.17. The molecule has 37 heteroatoms. The number of imidazole rings is 1. The summed E-state index contributed by atoms with van der Waals surface area (Å²) in [6.45, 7) is 6.01. The Bertz CT molecular complexity index is 4440. The zero-order valence-electron chi connectivity index (χ0n) is 59.1. The van der Waals surface area contributed by atoms with Gasteiger partial charge in [0.2, 0.25) is 59.3 Å². The number of primary amides is 1. The number of amides is 8. The molecule has 11 bridgehead atoms. The molecule has 6 aromatic rings. The molecule has 7 aliphatic heterocycles. The van der Waals surface area contributed by atoms with Gasteiger partial charge in [-0.15, -0.1) is 0 Å². The second kappa shape index (κ2) is 33.5. The first kappa shape index (κ1) is 80.0. The van der Waals surface area contributed by atoms with Crippen molar-refractivity contribution in [2.24, 2.45) is 17.4 Å². The number of aromatic nitrogens is 2. The van der Waals surface area contributed by atoms with Crippen LogP contribution in [0.25, 0.3) is 11.1 Å². The van der Waals surface area contributed by atoms with Gasteiger partial charge >= 0.3 is 0 Å². The molecule has 18 atom stereocenters. The van der Waals surface area contributed by atoms with Crippen molar-refractivity contribution in [3.8, 4) is 57.1 Å². The van der Waals surface area contributed by atoms with Crippen LogP contribution in [0.2, 0.25) is 10.0 Å². The van der Waals surface area contributed by atoms with Crippen LogP contribution in [-0.4, -0.2) is 202 Å². The molecule has 13 rings (SSSR count). The molecule has 35 nitrogen and oxygen atoms in total. The largest absolute Gasteiger partial charge is 0.508 e. The van der Waals surface area contributed by atoms with Crippen LogP contribution in [0.4, 0.5) is 0 Å². The first-order valence-corrected chi connectivity index (χ1v) is 35.4. The van der Waals surface area contributed by atoms with Crippen molar-refractivity contribution in [3.05, 3.63) is 135 Å². The fraction of sp³-hybridized carbons (Fsp3) is 0.431. The number of nitrogens with one attached hydrogen (secondary N) is 8. The SMILES string of the molecule is CN[C@@H](CC(C)C)C(=O)N[C@@H]1C(=O)N[C@H](CC(N)=O)C(=O)N[C@@H]2C(=O)N[C@@H]3C(=O)N[C@@H](C(=O)N[C@@H](C(=O)NCCCn4ccnc4)c4cc(O)cc(O)c4-c4cc3ccc4O)[C@@H](O)c3ccc(c(Cl)c3)Oc3cc2cc(c3O[C@@H]2O[C@H](CO)[C@@H](O)[C@H](O)[C@H]2O[C@@H]2C[C@@](C)(N)[C@@H](O)[C@@H](C)O2)Oc2ccc(cc2Cl)[C@@H]1O. The number of aliphatic hydroxyl groups is 6. The number of fused-ring (bicyclic) bond motifs is 15. The Morgan fingerprint density at radius 3 is 2.01 bits per heavy atom. The maximum absolute atomic E-state index is 16.2. The van der Waals surface area contributed by atoms with Crippen LogP contribution in [0.1, 0.15) is 112 Å². The number of ether oxygens (including phenoxy) is 6. The number of aromatic hydroxyl groups is 3. The van der Waals surface area contributed by atoms with Crippen LogP contribution in [0.15, 0.2) is 97.6 Å². The number of hydrogen-bond donors (Lipinski definition) is 19. The standard InChI is InChI=1S/C72H84Cl2N12O23/c1-29(2)17-40(77-5)64(97)84-55-57(92)32-8-11-44(38(73)19-32)105-46-21-34-22-47(61(46)109-71-62(60(95)59(94)48(27-87)107-71)108-50-26-72(4,76)63(96)30(3)104-50)106-45-12-9-33(20-39(45)74)58(93)56-70(103)83-54(66(99)79-13-6-15-86-16-14-78-28-86)37-23-35(88)24-43(90)51(37)36-18-31(7-10-42(36)89)52(67(100)85-56)82-68(101)53(34)81-65(98)41(25-49(75)91)80-69(55)102/h7-12,14,16,18-24,28-30,40-41,48,50,52-60,62-63,71,77,87-90,92-96H,6,13,15,17,25-27,76H2,1-5H3,(H2,75,91)(H,79,99)(H,80,102)(H,81,98)(H,82,101)(H,83,103)(H,84,97)(H,85,100)/t30-,40+,41-,48-,50-,52+,53+,54-,55+,56-,57+,58+,59-,60+,62-,63+,71+,72-/m1/s1. The lowest BCUT2D eigenvalue weighted by molar-refractivity contribution is -0.333. The van der Waals surface area contributed by atoms with Gasteiger partial charge in [0.15, 0.2) is 23.9 Å². The number of aryl methyl sites for hydroxylation is 1. The topological polar surface area (TPSA) is 540 Å². The highest BCUT2D eigenvalue weighted by molar-refractivity contribution is 6.32. The number of carbonyl (C=O) groups excluding carboxylic acids is 8. The number of aliphatic hydroxyl groups excluding tert-OH is 6. The van der Waals surface area contributed by atoms with Crippen molar-refractivity contribution < 1.29 is 113 Å². The highest BCUT2D eigenvalue weighted by Crippen LogP contribution is 2.50. The molecule has 0 spiro atoms. The minimum Gasteiger partial charge on any atom is -0.508 e. The number of likely N-dealkylation sites (N-methyl/N-ethyl adjacent to an activating group) is 1. The van der Waals surface area contributed by atoms with Gasteiger partial charge in [0.05, 0.1) is 47.7 Å². The maximum Gasteiger partial charge on any atom is 0.248 e. The number of benzene rings is 5. The van der Waals surface area contributed by atoms with Gasteiger partial charge in [0, 0.05) is 54.6 Å². The zero-order valence-corrected chi connectivity index (χ0v) is 60.6. The Labute approximate surface area is 631 Å². The van der Waals surface area contributed by atoms with Crippen LogP contribution in [0.5, 0.6) is 46.0 Å². The summed E-state index contributed by atoms with van der Waals surface area (Å²) < 4.78 is 40.3. The highest BCUT2D eigenvalue weighted by Gasteiger charge is 2.52. The van der Waals surface area contributed by atoms with Gasteiger partial charge in [-0.1, -0.05) is 55.2 Å². The number of nitrogens with zero attached hydrogens (tertiary/aromatic N) is 2. The monoisotopic (exact) mass is 1550 g/mol. The predicted octanol–water partition coefficient (Wildman–Crippen LogP) is 0.425. The summed E-state index contributed by atoms with van der Waals surface area (Å²) in [6, 6.07) is 0.383. The summed E-state index contributed by atoms with van der Waals surface area (Å²) in [5.74, 6) is -14.6. The molecule has 0 saturated carbocycles. The third-order valence-corrected chi connectivity index (χ3v) is 19.8. The summed E-state index contributed by atoms with van der Waals surface area (Å²) >= 11 is 14.3. The summed E-state index contributed by atoms with van der Waals surface area (Å²) in [5.41, 5.74) is 8.61. The number of rotatable bonds is 17. The fourth-order valence-corrected chi connectivity index (χ4v) is 14.0. The molecule has 0 unspecified atom stereocenters. The lowest BCUT2D eigenvalue weighted by Crippen LogP contribution is -2.64. The van der Waals surface area contributed by atoms with E-state index < -0.39 is 220 Å². The van der Waals surface area contributed by atoms with E-state index in [9.17, 15) is 65.1 Å². The third-order valence-electron chi connectivity index (χ3n) is 19.2. The Hall–Kier alpha value is -9.99. The predicted molar refractivity (Wildman–Crippen MR) is 382 cm³/mol. The molecule has 21 N–H and O–H groups in total. The molecule has 1 aromatic heterocycles. The minimum atomic E-state index is -2.34. The second-order valence-corrected chi connectivity index (χ2v) is 28.6.